The van der Waals surface area contributed by atoms with Crippen LogP contribution >= 0.6 is 0 Å². The molecule has 2 aromatic rings. The summed E-state index contributed by atoms with van der Waals surface area (Å²) in [5.74, 6) is -1.36. The quantitative estimate of drug-likeness (QED) is 0.464. The second kappa shape index (κ2) is 12.8. The lowest BCUT2D eigenvalue weighted by Crippen LogP contribution is -2.54. The van der Waals surface area contributed by atoms with Crippen molar-refractivity contribution in [2.75, 3.05) is 24.9 Å². The maximum atomic E-state index is 13.8. The van der Waals surface area contributed by atoms with Crippen LogP contribution in [-0.4, -0.2) is 62.2 Å². The van der Waals surface area contributed by atoms with Gasteiger partial charge in [-0.15, -0.1) is 0 Å². The second-order valence-electron chi connectivity index (χ2n) is 8.96. The van der Waals surface area contributed by atoms with E-state index < -0.39 is 34.5 Å². The van der Waals surface area contributed by atoms with Crippen molar-refractivity contribution in [3.8, 4) is 0 Å². The van der Waals surface area contributed by atoms with Gasteiger partial charge in [0.05, 0.1) is 5.69 Å². The summed E-state index contributed by atoms with van der Waals surface area (Å²) in [5.41, 5.74) is 1.94. The SMILES string of the molecule is CC[C@@H](C)NC(=O)[C@H](CC)N(Cc1ccccc1C)C(=O)CN(c1ccc(F)cc1)S(=O)(=O)N(C)C. The molecule has 0 radical (unpaired) electrons. The summed E-state index contributed by atoms with van der Waals surface area (Å²) in [6, 6.07) is 11.5. The Kier molecular flexibility index (Phi) is 10.4. The van der Waals surface area contributed by atoms with E-state index in [1.807, 2.05) is 52.0 Å². The van der Waals surface area contributed by atoms with Crippen LogP contribution in [0.3, 0.4) is 0 Å². The Morgan fingerprint density at radius 3 is 2.14 bits per heavy atom. The second-order valence-corrected chi connectivity index (χ2v) is 11.0. The van der Waals surface area contributed by atoms with Gasteiger partial charge in [-0.25, -0.2) is 8.70 Å². The van der Waals surface area contributed by atoms with Crippen LogP contribution in [0.25, 0.3) is 0 Å². The van der Waals surface area contributed by atoms with Crippen molar-refractivity contribution in [2.24, 2.45) is 0 Å². The molecular weight excluding hydrogens is 483 g/mol. The van der Waals surface area contributed by atoms with Crippen LogP contribution in [0.1, 0.15) is 44.7 Å². The molecule has 2 aromatic carbocycles. The number of nitrogens with one attached hydrogen (secondary N) is 1. The standard InChI is InChI=1S/C26H37FN4O4S/c1-7-20(4)28-26(33)24(8-2)30(17-21-12-10-9-11-19(21)3)25(32)18-31(36(34,35)29(5)6)23-15-13-22(27)14-16-23/h9-16,20,24H,7-8,17-18H2,1-6H3,(H,28,33)/t20-,24+/m1/s1. The largest absolute Gasteiger partial charge is 0.352 e. The van der Waals surface area contributed by atoms with E-state index >= 15 is 0 Å². The molecule has 198 valence electrons. The van der Waals surface area contributed by atoms with E-state index in [1.165, 1.54) is 31.1 Å². The van der Waals surface area contributed by atoms with Crippen molar-refractivity contribution < 1.29 is 22.4 Å². The third-order valence-electron chi connectivity index (χ3n) is 6.12. The van der Waals surface area contributed by atoms with Crippen LogP contribution in [0.4, 0.5) is 10.1 Å². The average molecular weight is 521 g/mol. The maximum Gasteiger partial charge on any atom is 0.304 e. The number of rotatable bonds is 12. The van der Waals surface area contributed by atoms with Gasteiger partial charge in [0.15, 0.2) is 0 Å². The van der Waals surface area contributed by atoms with Crippen LogP contribution in [0.15, 0.2) is 48.5 Å². The molecule has 0 aliphatic rings. The van der Waals surface area contributed by atoms with E-state index in [0.29, 0.717) is 6.42 Å². The lowest BCUT2D eigenvalue weighted by atomic mass is 10.1. The van der Waals surface area contributed by atoms with E-state index in [-0.39, 0.29) is 24.2 Å². The van der Waals surface area contributed by atoms with Gasteiger partial charge in [0.1, 0.15) is 18.4 Å². The fourth-order valence-electron chi connectivity index (χ4n) is 3.66. The first-order valence-electron chi connectivity index (χ1n) is 12.0. The molecule has 36 heavy (non-hydrogen) atoms. The average Bonchev–Trinajstić information content (AvgIpc) is 2.83. The van der Waals surface area contributed by atoms with Gasteiger partial charge in [-0.2, -0.15) is 12.7 Å². The summed E-state index contributed by atoms with van der Waals surface area (Å²) in [4.78, 5) is 28.4. The molecule has 0 unspecified atom stereocenters. The molecule has 0 heterocycles. The summed E-state index contributed by atoms with van der Waals surface area (Å²) >= 11 is 0. The smallest absolute Gasteiger partial charge is 0.304 e. The molecule has 0 aromatic heterocycles. The van der Waals surface area contributed by atoms with E-state index in [1.54, 1.807) is 0 Å². The predicted octanol–water partition coefficient (Wildman–Crippen LogP) is 3.47. The molecule has 2 rings (SSSR count). The summed E-state index contributed by atoms with van der Waals surface area (Å²) in [6.07, 6.45) is 1.07. The van der Waals surface area contributed by atoms with E-state index in [4.69, 9.17) is 0 Å². The lowest BCUT2D eigenvalue weighted by molar-refractivity contribution is -0.140. The Morgan fingerprint density at radius 2 is 1.61 bits per heavy atom. The Morgan fingerprint density at radius 1 is 1.00 bits per heavy atom. The van der Waals surface area contributed by atoms with Gasteiger partial charge in [-0.3, -0.25) is 9.59 Å². The number of benzene rings is 2. The Labute approximate surface area is 214 Å². The first-order valence-corrected chi connectivity index (χ1v) is 13.4. The minimum absolute atomic E-state index is 0.0770. The van der Waals surface area contributed by atoms with E-state index in [9.17, 15) is 22.4 Å². The van der Waals surface area contributed by atoms with Gasteiger partial charge < -0.3 is 10.2 Å². The van der Waals surface area contributed by atoms with Gasteiger partial charge >= 0.3 is 10.2 Å². The van der Waals surface area contributed by atoms with Gasteiger partial charge in [0.2, 0.25) is 11.8 Å². The topological polar surface area (TPSA) is 90.0 Å². The number of aryl methyl sites for hydroxylation is 1. The Bertz CT molecular complexity index is 1140. The Hall–Kier alpha value is -2.98. The van der Waals surface area contributed by atoms with Crippen molar-refractivity contribution in [2.45, 2.75) is 59.2 Å². The molecule has 0 aliphatic carbocycles. The predicted molar refractivity (Wildman–Crippen MR) is 140 cm³/mol. The third-order valence-corrected chi connectivity index (χ3v) is 7.94. The summed E-state index contributed by atoms with van der Waals surface area (Å²) in [7, 11) is -1.38. The molecule has 2 amide bonds. The van der Waals surface area contributed by atoms with Crippen molar-refractivity contribution in [1.82, 2.24) is 14.5 Å². The van der Waals surface area contributed by atoms with Gasteiger partial charge in [0, 0.05) is 26.7 Å². The van der Waals surface area contributed by atoms with Crippen LogP contribution in [0, 0.1) is 12.7 Å². The number of hydrogen-bond acceptors (Lipinski definition) is 4. The molecule has 0 spiro atoms. The molecule has 2 atom stereocenters. The summed E-state index contributed by atoms with van der Waals surface area (Å²) in [6.45, 7) is 7.15. The molecule has 0 fully saturated rings. The summed E-state index contributed by atoms with van der Waals surface area (Å²) in [5, 5.41) is 2.94. The zero-order valence-electron chi connectivity index (χ0n) is 21.9. The van der Waals surface area contributed by atoms with Crippen molar-refractivity contribution in [1.29, 1.82) is 0 Å². The van der Waals surface area contributed by atoms with E-state index in [0.717, 1.165) is 38.3 Å². The molecular formula is C26H37FN4O4S. The van der Waals surface area contributed by atoms with Crippen molar-refractivity contribution in [3.05, 3.63) is 65.5 Å². The fourth-order valence-corrected chi connectivity index (χ4v) is 4.71. The van der Waals surface area contributed by atoms with Crippen LogP contribution in [-0.2, 0) is 26.3 Å². The maximum absolute atomic E-state index is 13.8. The zero-order chi connectivity index (χ0) is 27.0. The van der Waals surface area contributed by atoms with E-state index in [2.05, 4.69) is 5.32 Å². The van der Waals surface area contributed by atoms with Gasteiger partial charge in [0.25, 0.3) is 0 Å². The number of nitrogens with zero attached hydrogens (tertiary/aromatic N) is 3. The minimum Gasteiger partial charge on any atom is -0.352 e. The number of amides is 2. The highest BCUT2D eigenvalue weighted by atomic mass is 32.2. The Balaban J connectivity index is 2.51. The van der Waals surface area contributed by atoms with Crippen LogP contribution < -0.4 is 9.62 Å². The molecule has 8 nitrogen and oxygen atoms in total. The van der Waals surface area contributed by atoms with Gasteiger partial charge in [-0.1, -0.05) is 38.1 Å². The molecule has 0 saturated heterocycles. The molecule has 0 saturated carbocycles. The fraction of sp³-hybridized carbons (Fsp3) is 0.462. The first kappa shape index (κ1) is 29.3. The highest BCUT2D eigenvalue weighted by molar-refractivity contribution is 7.90. The zero-order valence-corrected chi connectivity index (χ0v) is 22.7. The van der Waals surface area contributed by atoms with Crippen molar-refractivity contribution in [3.63, 3.8) is 0 Å². The molecule has 0 aliphatic heterocycles. The normalized spacial score (nSPS) is 13.2. The highest BCUT2D eigenvalue weighted by Gasteiger charge is 2.34. The highest BCUT2D eigenvalue weighted by Crippen LogP contribution is 2.22. The number of carbonyl (C=O) groups is 2. The molecule has 1 N–H and O–H groups in total. The minimum atomic E-state index is -4.09. The molecule has 10 heteroatoms. The summed E-state index contributed by atoms with van der Waals surface area (Å²) < 4.78 is 41.8. The number of anilines is 1. The first-order chi connectivity index (χ1) is 16.9. The van der Waals surface area contributed by atoms with Gasteiger partial charge in [-0.05, 0) is 62.1 Å². The molecule has 0 bridgehead atoms. The number of halogens is 1. The van der Waals surface area contributed by atoms with Crippen LogP contribution in [0.5, 0.6) is 0 Å². The lowest BCUT2D eigenvalue weighted by Gasteiger charge is -2.34. The van der Waals surface area contributed by atoms with Crippen molar-refractivity contribution >= 4 is 27.7 Å². The third kappa shape index (κ3) is 7.27. The monoisotopic (exact) mass is 520 g/mol. The number of carbonyl (C=O) groups excluding carboxylic acids is 2. The number of hydrogen-bond donors (Lipinski definition) is 1. The van der Waals surface area contributed by atoms with Crippen LogP contribution in [0.2, 0.25) is 0 Å².